The first-order chi connectivity index (χ1) is 10.6. The van der Waals surface area contributed by atoms with Crippen LogP contribution in [0.4, 0.5) is 10.1 Å². The monoisotopic (exact) mass is 322 g/mol. The van der Waals surface area contributed by atoms with Gasteiger partial charge in [0, 0.05) is 36.7 Å². The van der Waals surface area contributed by atoms with Gasteiger partial charge in [-0.2, -0.15) is 5.10 Å². The van der Waals surface area contributed by atoms with Crippen molar-refractivity contribution in [2.75, 3.05) is 18.0 Å². The van der Waals surface area contributed by atoms with E-state index in [4.69, 9.17) is 11.6 Å². The molecular formula is C15H16ClFN4O. The fraction of sp³-hybridized carbons (Fsp3) is 0.333. The van der Waals surface area contributed by atoms with Crippen LogP contribution in [0.5, 0.6) is 0 Å². The average Bonchev–Trinajstić information content (AvgIpc) is 3.13. The van der Waals surface area contributed by atoms with E-state index in [9.17, 15) is 9.18 Å². The third-order valence-electron chi connectivity index (χ3n) is 3.73. The van der Waals surface area contributed by atoms with Crippen molar-refractivity contribution in [3.8, 4) is 0 Å². The summed E-state index contributed by atoms with van der Waals surface area (Å²) in [4.78, 5) is 14.0. The van der Waals surface area contributed by atoms with Gasteiger partial charge in [-0.15, -0.1) is 0 Å². The van der Waals surface area contributed by atoms with Gasteiger partial charge in [-0.3, -0.25) is 9.89 Å². The van der Waals surface area contributed by atoms with Crippen molar-refractivity contribution in [1.29, 1.82) is 0 Å². The normalized spacial score (nSPS) is 17.7. The number of nitrogens with one attached hydrogen (secondary N) is 2. The maximum absolute atomic E-state index is 13.2. The first-order valence-corrected chi connectivity index (χ1v) is 7.47. The summed E-state index contributed by atoms with van der Waals surface area (Å²) in [6.07, 6.45) is 2.76. The van der Waals surface area contributed by atoms with E-state index in [1.54, 1.807) is 24.4 Å². The quantitative estimate of drug-likeness (QED) is 0.906. The molecule has 0 bridgehead atoms. The van der Waals surface area contributed by atoms with Crippen molar-refractivity contribution >= 4 is 23.2 Å². The van der Waals surface area contributed by atoms with E-state index in [2.05, 4.69) is 20.4 Å². The molecule has 1 atom stereocenters. The Bertz CT molecular complexity index is 662. The lowest BCUT2D eigenvalue weighted by molar-refractivity contribution is -0.121. The maximum atomic E-state index is 13.2. The number of nitrogens with zero attached hydrogens (tertiary/aromatic N) is 2. The van der Waals surface area contributed by atoms with Crippen LogP contribution >= 0.6 is 11.6 Å². The van der Waals surface area contributed by atoms with Gasteiger partial charge in [-0.05, 0) is 30.7 Å². The third-order valence-corrected chi connectivity index (χ3v) is 4.02. The molecule has 1 saturated heterocycles. The molecule has 1 aromatic heterocycles. The number of hydrogen-bond acceptors (Lipinski definition) is 3. The van der Waals surface area contributed by atoms with Crippen LogP contribution in [0, 0.1) is 5.82 Å². The molecule has 116 valence electrons. The highest BCUT2D eigenvalue weighted by Gasteiger charge is 2.24. The second-order valence-electron chi connectivity index (χ2n) is 5.36. The molecule has 2 N–H and O–H groups in total. The summed E-state index contributed by atoms with van der Waals surface area (Å²) in [7, 11) is 0. The number of H-pyrrole nitrogens is 1. The number of carbonyl (C=O) groups is 1. The number of anilines is 1. The van der Waals surface area contributed by atoms with Crippen LogP contribution in [-0.4, -0.2) is 35.2 Å². The van der Waals surface area contributed by atoms with E-state index in [1.165, 1.54) is 6.07 Å². The minimum absolute atomic E-state index is 0.0340. The van der Waals surface area contributed by atoms with Crippen molar-refractivity contribution in [3.63, 3.8) is 0 Å². The number of rotatable bonds is 4. The topological polar surface area (TPSA) is 61.0 Å². The van der Waals surface area contributed by atoms with E-state index in [1.807, 2.05) is 0 Å². The van der Waals surface area contributed by atoms with Crippen molar-refractivity contribution < 1.29 is 9.18 Å². The van der Waals surface area contributed by atoms with E-state index in [-0.39, 0.29) is 17.0 Å². The Morgan fingerprint density at radius 3 is 3.09 bits per heavy atom. The molecule has 7 heteroatoms. The highest BCUT2D eigenvalue weighted by Crippen LogP contribution is 2.25. The van der Waals surface area contributed by atoms with Gasteiger partial charge in [0.05, 0.1) is 11.4 Å². The largest absolute Gasteiger partial charge is 0.369 e. The number of aromatic nitrogens is 2. The van der Waals surface area contributed by atoms with Crippen molar-refractivity contribution in [2.45, 2.75) is 18.9 Å². The number of amides is 1. The molecule has 1 aliphatic heterocycles. The van der Waals surface area contributed by atoms with Crippen molar-refractivity contribution in [2.24, 2.45) is 0 Å². The Hall–Kier alpha value is -2.08. The lowest BCUT2D eigenvalue weighted by Gasteiger charge is -2.19. The molecule has 1 aliphatic rings. The molecule has 2 aromatic rings. The lowest BCUT2D eigenvalue weighted by Crippen LogP contribution is -2.38. The minimum Gasteiger partial charge on any atom is -0.369 e. The lowest BCUT2D eigenvalue weighted by atomic mass is 10.2. The van der Waals surface area contributed by atoms with Gasteiger partial charge < -0.3 is 10.2 Å². The van der Waals surface area contributed by atoms with E-state index in [0.717, 1.165) is 24.3 Å². The Morgan fingerprint density at radius 1 is 1.50 bits per heavy atom. The van der Waals surface area contributed by atoms with Gasteiger partial charge >= 0.3 is 0 Å². The fourth-order valence-corrected chi connectivity index (χ4v) is 2.80. The van der Waals surface area contributed by atoms with Crippen LogP contribution in [0.2, 0.25) is 5.02 Å². The summed E-state index contributed by atoms with van der Waals surface area (Å²) < 4.78 is 13.2. The van der Waals surface area contributed by atoms with Crippen LogP contribution in [0.3, 0.4) is 0 Å². The first kappa shape index (κ1) is 14.8. The molecule has 0 spiro atoms. The summed E-state index contributed by atoms with van der Waals surface area (Å²) >= 11 is 5.81. The molecule has 22 heavy (non-hydrogen) atoms. The summed E-state index contributed by atoms with van der Waals surface area (Å²) in [5.74, 6) is -0.456. The standard InChI is InChI=1S/C15H16ClFN4O/c16-13-8-12(1-2-14(13)17)21-6-4-11(9-21)19-15(22)7-10-3-5-18-20-10/h1-3,5,8,11H,4,6-7,9H2,(H,18,20)(H,19,22)/t11-/m0/s1. The molecule has 1 amide bonds. The summed E-state index contributed by atoms with van der Waals surface area (Å²) in [6, 6.07) is 6.55. The zero-order valence-electron chi connectivity index (χ0n) is 11.9. The molecule has 5 nitrogen and oxygen atoms in total. The molecule has 1 fully saturated rings. The number of aromatic amines is 1. The Labute approximate surface area is 132 Å². The molecular weight excluding hydrogens is 307 g/mol. The molecule has 0 unspecified atom stereocenters. The van der Waals surface area contributed by atoms with Crippen LogP contribution < -0.4 is 10.2 Å². The Morgan fingerprint density at radius 2 is 2.36 bits per heavy atom. The predicted octanol–water partition coefficient (Wildman–Crippen LogP) is 2.14. The van der Waals surface area contributed by atoms with Gasteiger partial charge in [0.15, 0.2) is 0 Å². The average molecular weight is 323 g/mol. The van der Waals surface area contributed by atoms with Crippen molar-refractivity contribution in [3.05, 3.63) is 47.0 Å². The summed E-state index contributed by atoms with van der Waals surface area (Å²) in [5.41, 5.74) is 1.66. The van der Waals surface area contributed by atoms with Gasteiger partial charge in [0.25, 0.3) is 0 Å². The van der Waals surface area contributed by atoms with E-state index >= 15 is 0 Å². The van der Waals surface area contributed by atoms with Crippen LogP contribution in [0.15, 0.2) is 30.5 Å². The predicted molar refractivity (Wildman–Crippen MR) is 82.5 cm³/mol. The zero-order valence-corrected chi connectivity index (χ0v) is 12.6. The van der Waals surface area contributed by atoms with Gasteiger partial charge in [-0.1, -0.05) is 11.6 Å². The first-order valence-electron chi connectivity index (χ1n) is 7.09. The van der Waals surface area contributed by atoms with Crippen molar-refractivity contribution in [1.82, 2.24) is 15.5 Å². The molecule has 0 saturated carbocycles. The highest BCUT2D eigenvalue weighted by atomic mass is 35.5. The van der Waals surface area contributed by atoms with Crippen LogP contribution in [0.1, 0.15) is 12.1 Å². The molecule has 1 aromatic carbocycles. The smallest absolute Gasteiger partial charge is 0.226 e. The highest BCUT2D eigenvalue weighted by molar-refractivity contribution is 6.31. The number of hydrogen-bond donors (Lipinski definition) is 2. The number of carbonyl (C=O) groups excluding carboxylic acids is 1. The molecule has 3 rings (SSSR count). The van der Waals surface area contributed by atoms with Crippen LogP contribution in [0.25, 0.3) is 0 Å². The SMILES string of the molecule is O=C(Cc1ccn[nH]1)N[C@H]1CCN(c2ccc(F)c(Cl)c2)C1. The molecule has 0 radical (unpaired) electrons. The summed E-state index contributed by atoms with van der Waals surface area (Å²) in [5, 5.41) is 9.71. The van der Waals surface area contributed by atoms with E-state index in [0.29, 0.717) is 13.0 Å². The Balaban J connectivity index is 1.55. The van der Waals surface area contributed by atoms with Gasteiger partial charge in [-0.25, -0.2) is 4.39 Å². The second kappa shape index (κ2) is 6.36. The Kier molecular flexibility index (Phi) is 4.29. The number of benzene rings is 1. The zero-order chi connectivity index (χ0) is 15.5. The molecule has 0 aliphatic carbocycles. The molecule has 2 heterocycles. The van der Waals surface area contributed by atoms with Gasteiger partial charge in [0.1, 0.15) is 5.82 Å². The minimum atomic E-state index is -0.422. The summed E-state index contributed by atoms with van der Waals surface area (Å²) in [6.45, 7) is 1.49. The fourth-order valence-electron chi connectivity index (χ4n) is 2.63. The third kappa shape index (κ3) is 3.39. The maximum Gasteiger partial charge on any atom is 0.226 e. The van der Waals surface area contributed by atoms with Crippen LogP contribution in [-0.2, 0) is 11.2 Å². The second-order valence-corrected chi connectivity index (χ2v) is 5.76. The van der Waals surface area contributed by atoms with E-state index < -0.39 is 5.82 Å². The number of halogens is 2. The van der Waals surface area contributed by atoms with Gasteiger partial charge in [0.2, 0.25) is 5.91 Å².